The molecule has 0 atom stereocenters. The molecule has 0 amide bonds. The van der Waals surface area contributed by atoms with Crippen molar-refractivity contribution in [2.45, 2.75) is 19.2 Å². The monoisotopic (exact) mass is 395 g/mol. The number of aromatic nitrogens is 3. The summed E-state index contributed by atoms with van der Waals surface area (Å²) in [7, 11) is 0. The highest BCUT2D eigenvalue weighted by Crippen LogP contribution is 2.31. The van der Waals surface area contributed by atoms with Crippen molar-refractivity contribution >= 4 is 5.97 Å². The molecule has 6 nitrogen and oxygen atoms in total. The predicted molar refractivity (Wildman–Crippen MR) is 88.4 cm³/mol. The van der Waals surface area contributed by atoms with Crippen LogP contribution in [-0.4, -0.2) is 30.9 Å². The third kappa shape index (κ3) is 4.17. The summed E-state index contributed by atoms with van der Waals surface area (Å²) < 4.78 is 53.3. The fourth-order valence-electron chi connectivity index (χ4n) is 2.67. The summed E-state index contributed by atoms with van der Waals surface area (Å²) >= 11 is 0. The van der Waals surface area contributed by atoms with E-state index in [1.165, 1.54) is 24.5 Å². The van der Waals surface area contributed by atoms with Gasteiger partial charge in [-0.3, -0.25) is 0 Å². The predicted octanol–water partition coefficient (Wildman–Crippen LogP) is 3.21. The minimum Gasteiger partial charge on any atom is -0.476 e. The van der Waals surface area contributed by atoms with Gasteiger partial charge >= 0.3 is 12.1 Å². The number of carboxylic acids is 1. The summed E-state index contributed by atoms with van der Waals surface area (Å²) in [6, 6.07) is 5.32. The molecule has 3 aromatic rings. The van der Waals surface area contributed by atoms with E-state index >= 15 is 0 Å². The Kier molecular flexibility index (Phi) is 5.14. The van der Waals surface area contributed by atoms with Gasteiger partial charge in [-0.15, -0.1) is 0 Å². The number of halogens is 4. The van der Waals surface area contributed by atoms with Crippen molar-refractivity contribution in [1.29, 1.82) is 0 Å². The first-order valence-electron chi connectivity index (χ1n) is 7.92. The van der Waals surface area contributed by atoms with Crippen molar-refractivity contribution in [3.8, 4) is 5.82 Å². The molecule has 0 aliphatic heterocycles. The minimum absolute atomic E-state index is 0.00370. The largest absolute Gasteiger partial charge is 0.476 e. The van der Waals surface area contributed by atoms with Gasteiger partial charge in [-0.2, -0.15) is 18.3 Å². The van der Waals surface area contributed by atoms with Gasteiger partial charge in [0.1, 0.15) is 5.82 Å². The van der Waals surface area contributed by atoms with Crippen LogP contribution < -0.4 is 0 Å². The Balaban J connectivity index is 1.93. The summed E-state index contributed by atoms with van der Waals surface area (Å²) in [4.78, 5) is 15.2. The van der Waals surface area contributed by atoms with Crippen molar-refractivity contribution in [2.75, 3.05) is 0 Å². The zero-order chi connectivity index (χ0) is 20.5. The van der Waals surface area contributed by atoms with Gasteiger partial charge in [0.15, 0.2) is 11.5 Å². The first-order valence-corrected chi connectivity index (χ1v) is 7.92. The zero-order valence-corrected chi connectivity index (χ0v) is 14.1. The quantitative estimate of drug-likeness (QED) is 0.648. The van der Waals surface area contributed by atoms with Crippen LogP contribution in [0.2, 0.25) is 0 Å². The van der Waals surface area contributed by atoms with Crippen LogP contribution in [0, 0.1) is 5.82 Å². The molecule has 0 saturated heterocycles. The number of benzene rings is 1. The van der Waals surface area contributed by atoms with E-state index in [1.54, 1.807) is 0 Å². The fourth-order valence-corrected chi connectivity index (χ4v) is 2.67. The number of aliphatic hydroxyl groups excluding tert-OH is 1. The van der Waals surface area contributed by atoms with Crippen molar-refractivity contribution < 1.29 is 32.6 Å². The van der Waals surface area contributed by atoms with E-state index in [1.807, 2.05) is 0 Å². The lowest BCUT2D eigenvalue weighted by Crippen LogP contribution is -2.07. The Hall–Kier alpha value is -3.27. The molecular weight excluding hydrogens is 382 g/mol. The van der Waals surface area contributed by atoms with Crippen LogP contribution in [0.4, 0.5) is 17.6 Å². The van der Waals surface area contributed by atoms with Gasteiger partial charge in [0.25, 0.3) is 0 Å². The Labute approximate surface area is 155 Å². The van der Waals surface area contributed by atoms with E-state index < -0.39 is 30.1 Å². The van der Waals surface area contributed by atoms with Crippen LogP contribution in [0.3, 0.4) is 0 Å². The first kappa shape index (κ1) is 19.5. The Morgan fingerprint density at radius 2 is 1.89 bits per heavy atom. The summed E-state index contributed by atoms with van der Waals surface area (Å²) in [5.74, 6) is -2.12. The molecule has 1 aromatic carbocycles. The average Bonchev–Trinajstić information content (AvgIpc) is 3.05. The van der Waals surface area contributed by atoms with Gasteiger partial charge in [0.2, 0.25) is 0 Å². The Bertz CT molecular complexity index is 1030. The maximum atomic E-state index is 13.6. The van der Waals surface area contributed by atoms with E-state index in [0.717, 1.165) is 16.8 Å². The lowest BCUT2D eigenvalue weighted by Gasteiger charge is -2.10. The van der Waals surface area contributed by atoms with Crippen LogP contribution in [0.5, 0.6) is 0 Å². The van der Waals surface area contributed by atoms with Crippen LogP contribution in [-0.2, 0) is 19.2 Å². The second kappa shape index (κ2) is 7.39. The molecule has 0 aliphatic carbocycles. The van der Waals surface area contributed by atoms with Crippen molar-refractivity contribution in [1.82, 2.24) is 14.8 Å². The third-order valence-electron chi connectivity index (χ3n) is 3.90. The molecule has 2 N–H and O–H groups in total. The Morgan fingerprint density at radius 3 is 2.50 bits per heavy atom. The number of aromatic carboxylic acids is 1. The number of carbonyl (C=O) groups is 1. The Morgan fingerprint density at radius 1 is 1.14 bits per heavy atom. The molecule has 0 bridgehead atoms. The van der Waals surface area contributed by atoms with Crippen LogP contribution in [0.1, 0.15) is 32.7 Å². The summed E-state index contributed by atoms with van der Waals surface area (Å²) in [5.41, 5.74) is -0.703. The molecule has 10 heteroatoms. The van der Waals surface area contributed by atoms with Crippen LogP contribution in [0.15, 0.2) is 42.7 Å². The molecule has 3 rings (SSSR count). The maximum Gasteiger partial charge on any atom is 0.416 e. The highest BCUT2D eigenvalue weighted by Gasteiger charge is 2.31. The summed E-state index contributed by atoms with van der Waals surface area (Å²) in [6.45, 7) is -0.537. The topological polar surface area (TPSA) is 88.2 Å². The smallest absolute Gasteiger partial charge is 0.416 e. The molecule has 146 valence electrons. The number of hydrogen-bond donors (Lipinski definition) is 2. The summed E-state index contributed by atoms with van der Waals surface area (Å²) in [5, 5.41) is 22.2. The average molecular weight is 395 g/mol. The van der Waals surface area contributed by atoms with E-state index in [-0.39, 0.29) is 29.1 Å². The molecule has 2 aromatic heterocycles. The van der Waals surface area contributed by atoms with Crippen molar-refractivity contribution in [3.63, 3.8) is 0 Å². The SMILES string of the molecule is O=C(O)c1nn(-c2cc(Cc3cc(F)cc(C(F)(F)F)c3)ccn2)cc1CO. The molecule has 2 heterocycles. The number of nitrogens with zero attached hydrogens (tertiary/aromatic N) is 3. The maximum absolute atomic E-state index is 13.6. The second-order valence-corrected chi connectivity index (χ2v) is 5.96. The van der Waals surface area contributed by atoms with Gasteiger partial charge in [-0.25, -0.2) is 18.9 Å². The molecular formula is C18H13F4N3O3. The molecule has 0 unspecified atom stereocenters. The highest BCUT2D eigenvalue weighted by molar-refractivity contribution is 5.87. The minimum atomic E-state index is -4.66. The van der Waals surface area contributed by atoms with Crippen molar-refractivity contribution in [2.24, 2.45) is 0 Å². The van der Waals surface area contributed by atoms with Gasteiger partial charge in [-0.1, -0.05) is 0 Å². The number of aliphatic hydroxyl groups is 1. The van der Waals surface area contributed by atoms with E-state index in [4.69, 9.17) is 5.11 Å². The van der Waals surface area contributed by atoms with E-state index in [9.17, 15) is 27.5 Å². The highest BCUT2D eigenvalue weighted by atomic mass is 19.4. The lowest BCUT2D eigenvalue weighted by atomic mass is 10.0. The number of carboxylic acid groups (broad SMARTS) is 1. The molecule has 0 saturated carbocycles. The number of alkyl halides is 3. The fraction of sp³-hybridized carbons (Fsp3) is 0.167. The third-order valence-corrected chi connectivity index (χ3v) is 3.90. The number of pyridine rings is 1. The number of rotatable bonds is 5. The van der Waals surface area contributed by atoms with Gasteiger partial charge in [0.05, 0.1) is 12.2 Å². The second-order valence-electron chi connectivity index (χ2n) is 5.96. The standard InChI is InChI=1S/C18H13F4N3O3/c19-14-5-11(4-13(7-14)18(20,21)22)3-10-1-2-23-15(6-10)25-8-12(9-26)16(24-25)17(27)28/h1-2,4-8,26H,3,9H2,(H,27,28). The summed E-state index contributed by atoms with van der Waals surface area (Å²) in [6.07, 6.45) is -2.01. The van der Waals surface area contributed by atoms with Crippen LogP contribution >= 0.6 is 0 Å². The first-order chi connectivity index (χ1) is 13.2. The van der Waals surface area contributed by atoms with E-state index in [2.05, 4.69) is 10.1 Å². The number of hydrogen-bond acceptors (Lipinski definition) is 4. The van der Waals surface area contributed by atoms with E-state index in [0.29, 0.717) is 11.6 Å². The normalized spacial score (nSPS) is 11.6. The molecule has 0 fully saturated rings. The molecule has 28 heavy (non-hydrogen) atoms. The van der Waals surface area contributed by atoms with Gasteiger partial charge < -0.3 is 10.2 Å². The lowest BCUT2D eigenvalue weighted by molar-refractivity contribution is -0.137. The van der Waals surface area contributed by atoms with Gasteiger partial charge in [-0.05, 0) is 47.9 Å². The molecule has 0 aliphatic rings. The van der Waals surface area contributed by atoms with Crippen molar-refractivity contribution in [3.05, 3.63) is 76.5 Å². The van der Waals surface area contributed by atoms with Crippen LogP contribution in [0.25, 0.3) is 5.82 Å². The molecule has 0 spiro atoms. The molecule has 0 radical (unpaired) electrons. The van der Waals surface area contributed by atoms with Gasteiger partial charge in [0, 0.05) is 18.0 Å². The zero-order valence-electron chi connectivity index (χ0n) is 14.1.